The quantitative estimate of drug-likeness (QED) is 0.227. The molecule has 0 saturated heterocycles. The van der Waals surface area contributed by atoms with Gasteiger partial charge in [0.25, 0.3) is 11.3 Å². The summed E-state index contributed by atoms with van der Waals surface area (Å²) in [6, 6.07) is 18.7. The topological polar surface area (TPSA) is 143 Å². The van der Waals surface area contributed by atoms with E-state index in [0.717, 1.165) is 30.0 Å². The number of hydrogen-bond donors (Lipinski definition) is 3. The third kappa shape index (κ3) is 5.63. The number of aromatic nitrogens is 2. The molecule has 0 radical (unpaired) electrons. The lowest BCUT2D eigenvalue weighted by molar-refractivity contribution is 0.251. The number of nitrogens with one attached hydrogen (secondary N) is 1. The van der Waals surface area contributed by atoms with E-state index in [1.54, 1.807) is 73.7 Å². The smallest absolute Gasteiger partial charge is 0.319 e. The molecule has 208 valence electrons. The maximum Gasteiger partial charge on any atom is 0.319 e. The van der Waals surface area contributed by atoms with Crippen LogP contribution in [0.25, 0.3) is 11.0 Å². The first-order chi connectivity index (χ1) is 19.4. The Bertz CT molecular complexity index is 1540. The zero-order valence-corrected chi connectivity index (χ0v) is 22.9. The first kappa shape index (κ1) is 27.2. The van der Waals surface area contributed by atoms with E-state index in [1.165, 1.54) is 0 Å². The van der Waals surface area contributed by atoms with E-state index < -0.39 is 17.3 Å². The Balaban J connectivity index is 1.63. The van der Waals surface area contributed by atoms with Crippen molar-refractivity contribution in [1.29, 1.82) is 0 Å². The Morgan fingerprint density at radius 1 is 0.950 bits per heavy atom. The van der Waals surface area contributed by atoms with Gasteiger partial charge in [-0.15, -0.1) is 0 Å². The van der Waals surface area contributed by atoms with Gasteiger partial charge in [-0.2, -0.15) is 0 Å². The summed E-state index contributed by atoms with van der Waals surface area (Å²) in [6.07, 6.45) is 3.71. The molecular weight excluding hydrogens is 532 g/mol. The lowest BCUT2D eigenvalue weighted by atomic mass is 10.1. The number of ether oxygens (including phenoxy) is 2. The summed E-state index contributed by atoms with van der Waals surface area (Å²) in [7, 11) is 3.09. The van der Waals surface area contributed by atoms with Crippen molar-refractivity contribution in [2.24, 2.45) is 5.73 Å². The minimum Gasteiger partial charge on any atom is -0.497 e. The molecule has 40 heavy (non-hydrogen) atoms. The molecule has 4 N–H and O–H groups in total. The zero-order chi connectivity index (χ0) is 28.2. The van der Waals surface area contributed by atoms with E-state index in [9.17, 15) is 13.6 Å². The largest absolute Gasteiger partial charge is 0.497 e. The van der Waals surface area contributed by atoms with Crippen molar-refractivity contribution in [1.82, 2.24) is 9.97 Å². The van der Waals surface area contributed by atoms with Crippen molar-refractivity contribution in [3.63, 3.8) is 0 Å². The highest BCUT2D eigenvalue weighted by Crippen LogP contribution is 2.37. The Hall–Kier alpha value is -4.42. The molecule has 5 rings (SSSR count). The fourth-order valence-corrected chi connectivity index (χ4v) is 5.54. The molecule has 1 unspecified atom stereocenters. The van der Waals surface area contributed by atoms with Gasteiger partial charge in [-0.05, 0) is 43.2 Å². The molecule has 1 aliphatic carbocycles. The van der Waals surface area contributed by atoms with Gasteiger partial charge < -0.3 is 20.5 Å². The number of rotatable bonds is 9. The van der Waals surface area contributed by atoms with Crippen LogP contribution in [0.1, 0.15) is 25.7 Å². The van der Waals surface area contributed by atoms with Crippen molar-refractivity contribution in [3.05, 3.63) is 66.7 Å². The Morgan fingerprint density at radius 2 is 1.57 bits per heavy atom. The van der Waals surface area contributed by atoms with E-state index >= 15 is 0 Å². The first-order valence-electron chi connectivity index (χ1n) is 12.7. The first-order valence-corrected chi connectivity index (χ1v) is 13.8. The third-order valence-electron chi connectivity index (χ3n) is 6.78. The van der Waals surface area contributed by atoms with Crippen molar-refractivity contribution in [3.8, 4) is 11.5 Å². The lowest BCUT2D eigenvalue weighted by Gasteiger charge is -2.29. The number of amides is 2. The second-order valence-corrected chi connectivity index (χ2v) is 10.1. The number of anilines is 5. The van der Waals surface area contributed by atoms with Crippen LogP contribution in [0.2, 0.25) is 0 Å². The fraction of sp³-hybridized carbons (Fsp3) is 0.250. The summed E-state index contributed by atoms with van der Waals surface area (Å²) in [5.74, 6) is 1.42. The van der Waals surface area contributed by atoms with E-state index in [4.69, 9.17) is 25.2 Å². The number of benzene rings is 3. The van der Waals surface area contributed by atoms with Gasteiger partial charge in [0.1, 0.15) is 11.5 Å². The summed E-state index contributed by atoms with van der Waals surface area (Å²) in [5, 5.41) is 3.21. The minimum atomic E-state index is -2.56. The Kier molecular flexibility index (Phi) is 7.99. The van der Waals surface area contributed by atoms with E-state index in [1.807, 2.05) is 12.1 Å². The van der Waals surface area contributed by atoms with Crippen LogP contribution in [-0.2, 0) is 11.3 Å². The van der Waals surface area contributed by atoms with E-state index in [-0.39, 0.29) is 17.7 Å². The van der Waals surface area contributed by atoms with Crippen LogP contribution >= 0.6 is 0 Å². The maximum absolute atomic E-state index is 12.9. The molecule has 12 heteroatoms. The molecule has 1 heterocycles. The normalized spacial score (nSPS) is 14.1. The molecule has 1 atom stereocenters. The van der Waals surface area contributed by atoms with Crippen LogP contribution in [0, 0.1) is 0 Å². The third-order valence-corrected chi connectivity index (χ3v) is 7.48. The van der Waals surface area contributed by atoms with Crippen LogP contribution < -0.4 is 29.7 Å². The lowest BCUT2D eigenvalue weighted by Crippen LogP contribution is -2.42. The van der Waals surface area contributed by atoms with E-state index in [2.05, 4.69) is 5.32 Å². The molecule has 0 aliphatic heterocycles. The number of methoxy groups -OCH3 is 2. The van der Waals surface area contributed by atoms with Gasteiger partial charge >= 0.3 is 6.03 Å². The van der Waals surface area contributed by atoms with Crippen molar-refractivity contribution in [2.75, 3.05) is 28.7 Å². The van der Waals surface area contributed by atoms with Gasteiger partial charge in [-0.3, -0.25) is 9.45 Å². The number of carbonyl (C=O) groups is 1. The molecule has 11 nitrogen and oxygen atoms in total. The number of primary amides is 1. The standard InChI is InChI=1S/C28H30N6O5S/c1-38-22-14-18(15-23(17-22)39-2)30-26-27(32-25-13-6-5-12-24(25)31-26)34(40(36)37)21-11-7-10-20(16-21)33(28(29)35)19-8-3-4-9-19/h5-7,10-17,19H,3-4,8-9H2,1-2H3,(H2,29,35)(H,30,31)(H,36,37). The average Bonchev–Trinajstić information content (AvgIpc) is 3.47. The molecule has 2 amide bonds. The summed E-state index contributed by atoms with van der Waals surface area (Å²) in [4.78, 5) is 23.5. The summed E-state index contributed by atoms with van der Waals surface area (Å²) in [6.45, 7) is 0. The highest BCUT2D eigenvalue weighted by Gasteiger charge is 2.29. The molecule has 1 fully saturated rings. The zero-order valence-electron chi connectivity index (χ0n) is 22.1. The minimum absolute atomic E-state index is 0.0263. The monoisotopic (exact) mass is 562 g/mol. The van der Waals surface area contributed by atoms with Gasteiger partial charge in [0.05, 0.1) is 30.9 Å². The molecule has 0 spiro atoms. The van der Waals surface area contributed by atoms with Crippen LogP contribution in [0.3, 0.4) is 0 Å². The molecule has 1 aliphatic rings. The number of para-hydroxylation sites is 2. The predicted octanol–water partition coefficient (Wildman–Crippen LogP) is 5.49. The summed E-state index contributed by atoms with van der Waals surface area (Å²) in [5.41, 5.74) is 8.33. The number of urea groups is 1. The van der Waals surface area contributed by atoms with Gasteiger partial charge in [-0.1, -0.05) is 31.0 Å². The SMILES string of the molecule is COc1cc(Nc2nc3ccccc3nc2N(c2cccc(N(C(N)=O)C3CCCC3)c2)S(=O)O)cc(OC)c1. The molecule has 0 bridgehead atoms. The van der Waals surface area contributed by atoms with Gasteiger partial charge in [-0.25, -0.2) is 23.3 Å². The van der Waals surface area contributed by atoms with Crippen molar-refractivity contribution >= 4 is 57.0 Å². The molecular formula is C28H30N6O5S. The van der Waals surface area contributed by atoms with Crippen LogP contribution in [-0.4, -0.2) is 45.0 Å². The van der Waals surface area contributed by atoms with Gasteiger partial charge in [0.15, 0.2) is 11.6 Å². The van der Waals surface area contributed by atoms with Crippen LogP contribution in [0.15, 0.2) is 66.7 Å². The van der Waals surface area contributed by atoms with Crippen molar-refractivity contribution in [2.45, 2.75) is 31.7 Å². The highest BCUT2D eigenvalue weighted by atomic mass is 32.2. The average molecular weight is 563 g/mol. The predicted molar refractivity (Wildman–Crippen MR) is 156 cm³/mol. The second kappa shape index (κ2) is 11.8. The number of fused-ring (bicyclic) bond motifs is 1. The maximum atomic E-state index is 12.9. The van der Waals surface area contributed by atoms with Gasteiger partial charge in [0, 0.05) is 35.6 Å². The number of nitrogens with zero attached hydrogens (tertiary/aromatic N) is 4. The molecule has 3 aromatic carbocycles. The number of nitrogens with two attached hydrogens (primary N) is 1. The number of hydrogen-bond acceptors (Lipinski definition) is 7. The molecule has 1 saturated carbocycles. The van der Waals surface area contributed by atoms with Crippen LogP contribution in [0.4, 0.5) is 33.5 Å². The molecule has 4 aromatic rings. The second-order valence-electron chi connectivity index (χ2n) is 9.30. The Morgan fingerprint density at radius 3 is 2.17 bits per heavy atom. The Labute approximate surface area is 234 Å². The van der Waals surface area contributed by atoms with E-state index in [0.29, 0.717) is 39.6 Å². The van der Waals surface area contributed by atoms with Crippen molar-refractivity contribution < 1.29 is 23.0 Å². The molecule has 1 aromatic heterocycles. The van der Waals surface area contributed by atoms with Crippen LogP contribution in [0.5, 0.6) is 11.5 Å². The fourth-order valence-electron chi connectivity index (χ4n) is 4.97. The summed E-state index contributed by atoms with van der Waals surface area (Å²) >= 11 is -2.56. The van der Waals surface area contributed by atoms with Gasteiger partial charge in [0.2, 0.25) is 0 Å². The number of carbonyl (C=O) groups excluding carboxylic acids is 1. The highest BCUT2D eigenvalue weighted by molar-refractivity contribution is 7.81. The summed E-state index contributed by atoms with van der Waals surface area (Å²) < 4.78 is 35.4.